The lowest BCUT2D eigenvalue weighted by molar-refractivity contribution is 0.0496. The number of carbonyl (C=O) groups excluding carboxylic acids is 1. The average Bonchev–Trinajstić information content (AvgIpc) is 3.17. The molecule has 0 spiro atoms. The van der Waals surface area contributed by atoms with Crippen LogP contribution in [0.15, 0.2) is 82.5 Å². The van der Waals surface area contributed by atoms with Crippen molar-refractivity contribution in [3.05, 3.63) is 88.8 Å². The molecule has 0 fully saturated rings. The van der Waals surface area contributed by atoms with Gasteiger partial charge in [-0.05, 0) is 61.0 Å². The summed E-state index contributed by atoms with van der Waals surface area (Å²) in [5.74, 6) is -0.0463. The second-order valence-corrected chi connectivity index (χ2v) is 9.13. The molecule has 0 aliphatic heterocycles. The number of anilines is 1. The smallest absolute Gasteiger partial charge is 0.338 e. The summed E-state index contributed by atoms with van der Waals surface area (Å²) in [5, 5.41) is 0. The van der Waals surface area contributed by atoms with Crippen molar-refractivity contribution in [2.45, 2.75) is 17.9 Å². The molecular formula is C24H23N3O6S. The van der Waals surface area contributed by atoms with Gasteiger partial charge in [0.15, 0.2) is 0 Å². The van der Waals surface area contributed by atoms with Crippen molar-refractivity contribution in [2.24, 2.45) is 0 Å². The molecule has 0 aliphatic carbocycles. The van der Waals surface area contributed by atoms with E-state index >= 15 is 0 Å². The number of hydrogen-bond acceptors (Lipinski definition) is 6. The predicted octanol–water partition coefficient (Wildman–Crippen LogP) is 3.39. The molecule has 3 aromatic carbocycles. The lowest BCUT2D eigenvalue weighted by atomic mass is 10.2. The first-order valence-electron chi connectivity index (χ1n) is 10.5. The fraction of sp³-hybridized carbons (Fsp3) is 0.167. The fourth-order valence-electron chi connectivity index (χ4n) is 3.46. The summed E-state index contributed by atoms with van der Waals surface area (Å²) in [7, 11) is -2.39. The molecule has 4 rings (SSSR count). The number of sulfonamides is 1. The van der Waals surface area contributed by atoms with E-state index in [-0.39, 0.29) is 22.8 Å². The van der Waals surface area contributed by atoms with Crippen molar-refractivity contribution >= 4 is 32.7 Å². The first-order chi connectivity index (χ1) is 16.4. The van der Waals surface area contributed by atoms with Crippen LogP contribution in [0.2, 0.25) is 0 Å². The SMILES string of the molecule is COc1ccc(NS(=O)(=O)c2cccc(C(=O)OCCCn3c(=O)[nH]c4ccccc43)c2)cc1. The Hall–Kier alpha value is -4.05. The Morgan fingerprint density at radius 2 is 1.79 bits per heavy atom. The molecule has 0 unspecified atom stereocenters. The van der Waals surface area contributed by atoms with E-state index in [4.69, 9.17) is 9.47 Å². The summed E-state index contributed by atoms with van der Waals surface area (Å²) in [6.45, 7) is 0.447. The molecule has 0 aliphatic rings. The summed E-state index contributed by atoms with van der Waals surface area (Å²) in [4.78, 5) is 27.3. The van der Waals surface area contributed by atoms with E-state index in [1.54, 1.807) is 28.8 Å². The van der Waals surface area contributed by atoms with E-state index in [0.29, 0.717) is 24.4 Å². The van der Waals surface area contributed by atoms with E-state index in [9.17, 15) is 18.0 Å². The molecule has 34 heavy (non-hydrogen) atoms. The number of imidazole rings is 1. The zero-order chi connectivity index (χ0) is 24.1. The normalized spacial score (nSPS) is 11.3. The number of benzene rings is 3. The third-order valence-corrected chi connectivity index (χ3v) is 6.54. The molecule has 1 heterocycles. The highest BCUT2D eigenvalue weighted by Crippen LogP contribution is 2.20. The maximum absolute atomic E-state index is 12.7. The molecule has 0 bridgehead atoms. The van der Waals surface area contributed by atoms with E-state index in [0.717, 1.165) is 11.0 Å². The Morgan fingerprint density at radius 1 is 1.03 bits per heavy atom. The number of aryl methyl sites for hydroxylation is 1. The lowest BCUT2D eigenvalue weighted by Gasteiger charge is -2.10. The van der Waals surface area contributed by atoms with Gasteiger partial charge in [0, 0.05) is 12.2 Å². The van der Waals surface area contributed by atoms with Gasteiger partial charge in [0.2, 0.25) is 0 Å². The molecule has 0 atom stereocenters. The lowest BCUT2D eigenvalue weighted by Crippen LogP contribution is -2.18. The number of H-pyrrole nitrogens is 1. The topological polar surface area (TPSA) is 119 Å². The minimum atomic E-state index is -3.91. The van der Waals surface area contributed by atoms with Crippen LogP contribution >= 0.6 is 0 Å². The van der Waals surface area contributed by atoms with Gasteiger partial charge in [-0.25, -0.2) is 18.0 Å². The van der Waals surface area contributed by atoms with Crippen LogP contribution in [0, 0.1) is 0 Å². The van der Waals surface area contributed by atoms with Crippen molar-refractivity contribution in [1.29, 1.82) is 0 Å². The molecule has 0 saturated heterocycles. The van der Waals surface area contributed by atoms with Crippen molar-refractivity contribution in [3.63, 3.8) is 0 Å². The average molecular weight is 482 g/mol. The van der Waals surface area contributed by atoms with Gasteiger partial charge in [-0.3, -0.25) is 9.29 Å². The summed E-state index contributed by atoms with van der Waals surface area (Å²) in [6.07, 6.45) is 0.421. The molecule has 4 aromatic rings. The van der Waals surface area contributed by atoms with E-state index in [1.165, 1.54) is 31.4 Å². The van der Waals surface area contributed by atoms with Gasteiger partial charge in [0.1, 0.15) is 5.75 Å². The first-order valence-corrected chi connectivity index (χ1v) is 12.0. The molecular weight excluding hydrogens is 458 g/mol. The van der Waals surface area contributed by atoms with Crippen LogP contribution in [0.4, 0.5) is 5.69 Å². The van der Waals surface area contributed by atoms with Crippen LogP contribution in [-0.2, 0) is 21.3 Å². The fourth-order valence-corrected chi connectivity index (χ4v) is 4.57. The summed E-state index contributed by atoms with van der Waals surface area (Å²) >= 11 is 0. The van der Waals surface area contributed by atoms with Gasteiger partial charge in [-0.1, -0.05) is 18.2 Å². The second kappa shape index (κ2) is 9.84. The number of ether oxygens (including phenoxy) is 2. The Labute approximate surface area is 196 Å². The monoisotopic (exact) mass is 481 g/mol. The van der Waals surface area contributed by atoms with Gasteiger partial charge in [-0.15, -0.1) is 0 Å². The maximum Gasteiger partial charge on any atom is 0.338 e. The number of esters is 1. The third kappa shape index (κ3) is 5.12. The Balaban J connectivity index is 1.37. The van der Waals surface area contributed by atoms with Crippen LogP contribution in [-0.4, -0.2) is 37.7 Å². The van der Waals surface area contributed by atoms with Gasteiger partial charge >= 0.3 is 11.7 Å². The van der Waals surface area contributed by atoms with E-state index < -0.39 is 16.0 Å². The Bertz CT molecular complexity index is 1470. The highest BCUT2D eigenvalue weighted by atomic mass is 32.2. The van der Waals surface area contributed by atoms with Gasteiger partial charge in [0.05, 0.1) is 35.2 Å². The third-order valence-electron chi connectivity index (χ3n) is 5.16. The minimum absolute atomic E-state index is 0.0666. The largest absolute Gasteiger partial charge is 0.497 e. The number of aromatic amines is 1. The van der Waals surface area contributed by atoms with Gasteiger partial charge < -0.3 is 14.5 Å². The van der Waals surface area contributed by atoms with Crippen LogP contribution in [0.25, 0.3) is 11.0 Å². The van der Waals surface area contributed by atoms with Crippen molar-refractivity contribution < 1.29 is 22.7 Å². The van der Waals surface area contributed by atoms with Crippen molar-refractivity contribution in [2.75, 3.05) is 18.4 Å². The molecule has 0 radical (unpaired) electrons. The Morgan fingerprint density at radius 3 is 2.56 bits per heavy atom. The maximum atomic E-state index is 12.7. The van der Waals surface area contributed by atoms with Gasteiger partial charge in [-0.2, -0.15) is 0 Å². The molecule has 10 heteroatoms. The second-order valence-electron chi connectivity index (χ2n) is 7.45. The van der Waals surface area contributed by atoms with Crippen LogP contribution in [0.3, 0.4) is 0 Å². The summed E-state index contributed by atoms with van der Waals surface area (Å²) < 4.78 is 39.9. The predicted molar refractivity (Wildman–Crippen MR) is 128 cm³/mol. The van der Waals surface area contributed by atoms with Crippen molar-refractivity contribution in [1.82, 2.24) is 9.55 Å². The Kier molecular flexibility index (Phi) is 6.69. The molecule has 176 valence electrons. The van der Waals surface area contributed by atoms with Gasteiger partial charge in [0.25, 0.3) is 10.0 Å². The van der Waals surface area contributed by atoms with Crippen LogP contribution in [0.1, 0.15) is 16.8 Å². The standard InChI is InChI=1S/C24H23N3O6S/c1-32-19-12-10-18(11-13-19)26-34(30,31)20-7-4-6-17(16-20)23(28)33-15-5-14-27-22-9-3-2-8-21(22)25-24(27)29/h2-4,6-13,16,26H,5,14-15H2,1H3,(H,25,29). The number of nitrogens with one attached hydrogen (secondary N) is 2. The molecule has 9 nitrogen and oxygen atoms in total. The van der Waals surface area contributed by atoms with Crippen LogP contribution in [0.5, 0.6) is 5.75 Å². The van der Waals surface area contributed by atoms with E-state index in [2.05, 4.69) is 9.71 Å². The minimum Gasteiger partial charge on any atom is -0.497 e. The number of fused-ring (bicyclic) bond motifs is 1. The highest BCUT2D eigenvalue weighted by molar-refractivity contribution is 7.92. The first kappa shape index (κ1) is 23.1. The van der Waals surface area contributed by atoms with E-state index in [1.807, 2.05) is 24.3 Å². The molecule has 0 saturated carbocycles. The zero-order valence-corrected chi connectivity index (χ0v) is 19.2. The molecule has 0 amide bonds. The highest BCUT2D eigenvalue weighted by Gasteiger charge is 2.17. The van der Waals surface area contributed by atoms with Crippen LogP contribution < -0.4 is 15.1 Å². The number of methoxy groups -OCH3 is 1. The zero-order valence-electron chi connectivity index (χ0n) is 18.4. The van der Waals surface area contributed by atoms with Crippen molar-refractivity contribution in [3.8, 4) is 5.75 Å². The summed E-state index contributed by atoms with van der Waals surface area (Å²) in [5.41, 5.74) is 1.77. The number of carbonyl (C=O) groups is 1. The number of hydrogen-bond donors (Lipinski definition) is 2. The molecule has 2 N–H and O–H groups in total. The number of para-hydroxylation sites is 2. The number of rotatable bonds is 9. The summed E-state index contributed by atoms with van der Waals surface area (Å²) in [6, 6.07) is 19.4. The quantitative estimate of drug-likeness (QED) is 0.279. The number of nitrogens with zero attached hydrogens (tertiary/aromatic N) is 1. The molecule has 1 aromatic heterocycles. The number of aromatic nitrogens is 2.